The maximum absolute atomic E-state index is 13.3. The Balaban J connectivity index is 1.41. The highest BCUT2D eigenvalue weighted by atomic mass is 79.9. The van der Waals surface area contributed by atoms with Gasteiger partial charge in [0.2, 0.25) is 10.0 Å². The molecule has 0 atom stereocenters. The zero-order valence-corrected chi connectivity index (χ0v) is 20.8. The van der Waals surface area contributed by atoms with Gasteiger partial charge in [0, 0.05) is 56.8 Å². The van der Waals surface area contributed by atoms with Gasteiger partial charge in [-0.25, -0.2) is 8.42 Å². The third kappa shape index (κ3) is 5.00. The van der Waals surface area contributed by atoms with Crippen molar-refractivity contribution in [2.24, 2.45) is 0 Å². The lowest BCUT2D eigenvalue weighted by Gasteiger charge is -2.35. The lowest BCUT2D eigenvalue weighted by Crippen LogP contribution is -2.49. The van der Waals surface area contributed by atoms with Crippen LogP contribution in [0.25, 0.3) is 0 Å². The fourth-order valence-electron chi connectivity index (χ4n) is 3.95. The summed E-state index contributed by atoms with van der Waals surface area (Å²) in [6, 6.07) is 9.06. The Hall–Kier alpha value is -1.95. The quantitative estimate of drug-likeness (QED) is 0.566. The van der Waals surface area contributed by atoms with Crippen LogP contribution in [0.2, 0.25) is 0 Å². The van der Waals surface area contributed by atoms with Crippen molar-refractivity contribution in [3.8, 4) is 5.75 Å². The van der Waals surface area contributed by atoms with Crippen LogP contribution >= 0.6 is 15.9 Å². The molecule has 0 spiro atoms. The number of piperazine rings is 2. The van der Waals surface area contributed by atoms with Gasteiger partial charge in [-0.15, -0.1) is 10.2 Å². The summed E-state index contributed by atoms with van der Waals surface area (Å²) in [7, 11) is -1.54. The summed E-state index contributed by atoms with van der Waals surface area (Å²) in [5.74, 6) is 2.04. The predicted molar refractivity (Wildman–Crippen MR) is 128 cm³/mol. The van der Waals surface area contributed by atoms with Crippen LogP contribution in [0.5, 0.6) is 5.75 Å². The second-order valence-electron chi connectivity index (χ2n) is 7.96. The summed E-state index contributed by atoms with van der Waals surface area (Å²) in [6.45, 7) is 8.03. The summed E-state index contributed by atoms with van der Waals surface area (Å²) in [4.78, 5) is 6.82. The van der Waals surface area contributed by atoms with Crippen LogP contribution in [0.1, 0.15) is 6.92 Å². The van der Waals surface area contributed by atoms with Crippen LogP contribution in [0.4, 0.5) is 11.6 Å². The molecule has 2 aliphatic rings. The number of aromatic nitrogens is 2. The van der Waals surface area contributed by atoms with Gasteiger partial charge in [-0.3, -0.25) is 0 Å². The van der Waals surface area contributed by atoms with E-state index < -0.39 is 10.0 Å². The number of hydrogen-bond donors (Lipinski definition) is 0. The molecule has 2 fully saturated rings. The third-order valence-corrected chi connectivity index (χ3v) is 8.26. The number of likely N-dealkylation sites (N-methyl/N-ethyl adjacent to an activating group) is 1. The fourth-order valence-corrected chi connectivity index (χ4v) is 6.04. The van der Waals surface area contributed by atoms with Crippen LogP contribution in [0, 0.1) is 0 Å². The summed E-state index contributed by atoms with van der Waals surface area (Å²) in [5.41, 5.74) is 0. The van der Waals surface area contributed by atoms with Crippen LogP contribution in [-0.2, 0) is 10.0 Å². The predicted octanol–water partition coefficient (Wildman–Crippen LogP) is 1.90. The molecule has 32 heavy (non-hydrogen) atoms. The van der Waals surface area contributed by atoms with E-state index in [0.717, 1.165) is 37.8 Å². The zero-order valence-electron chi connectivity index (χ0n) is 18.4. The van der Waals surface area contributed by atoms with E-state index in [4.69, 9.17) is 4.74 Å². The third-order valence-electron chi connectivity index (χ3n) is 5.85. The molecule has 2 aliphatic heterocycles. The van der Waals surface area contributed by atoms with E-state index in [1.165, 1.54) is 4.31 Å². The molecule has 0 radical (unpaired) electrons. The zero-order chi connectivity index (χ0) is 22.7. The first-order valence-corrected chi connectivity index (χ1v) is 13.1. The second kappa shape index (κ2) is 9.90. The molecule has 3 heterocycles. The standard InChI is InChI=1S/C21H29BrN6O3S/c1-3-31-18-5-4-17(22)16-19(18)32(29,30)28-14-12-27(13-15-28)21-7-6-20(23-24-21)26-10-8-25(2)9-11-26/h4-7,16H,3,8-15H2,1-2H3. The Bertz CT molecular complexity index is 1020. The minimum absolute atomic E-state index is 0.193. The van der Waals surface area contributed by atoms with Crippen LogP contribution in [0.3, 0.4) is 0 Å². The number of nitrogens with zero attached hydrogens (tertiary/aromatic N) is 6. The van der Waals surface area contributed by atoms with E-state index in [-0.39, 0.29) is 4.90 Å². The monoisotopic (exact) mass is 524 g/mol. The fraction of sp³-hybridized carbons (Fsp3) is 0.524. The molecular formula is C21H29BrN6O3S. The molecule has 1 aromatic carbocycles. The number of hydrogen-bond acceptors (Lipinski definition) is 8. The van der Waals surface area contributed by atoms with E-state index in [0.29, 0.717) is 43.0 Å². The first-order chi connectivity index (χ1) is 15.4. The van der Waals surface area contributed by atoms with Crippen LogP contribution in [-0.4, -0.2) is 93.8 Å². The Labute approximate surface area is 198 Å². The van der Waals surface area contributed by atoms with Crippen molar-refractivity contribution in [2.75, 3.05) is 75.8 Å². The number of anilines is 2. The minimum atomic E-state index is -3.66. The normalized spacial score (nSPS) is 18.7. The number of sulfonamides is 1. The lowest BCUT2D eigenvalue weighted by atomic mass is 10.3. The van der Waals surface area contributed by atoms with Crippen LogP contribution < -0.4 is 14.5 Å². The minimum Gasteiger partial charge on any atom is -0.492 e. The maximum Gasteiger partial charge on any atom is 0.246 e. The summed E-state index contributed by atoms with van der Waals surface area (Å²) in [6.07, 6.45) is 0. The highest BCUT2D eigenvalue weighted by Crippen LogP contribution is 2.31. The molecule has 0 saturated carbocycles. The van der Waals surface area contributed by atoms with E-state index in [9.17, 15) is 8.42 Å². The smallest absolute Gasteiger partial charge is 0.246 e. The van der Waals surface area contributed by atoms with Gasteiger partial charge < -0.3 is 19.4 Å². The highest BCUT2D eigenvalue weighted by molar-refractivity contribution is 9.10. The van der Waals surface area contributed by atoms with Gasteiger partial charge in [0.25, 0.3) is 0 Å². The van der Waals surface area contributed by atoms with Gasteiger partial charge in [-0.2, -0.15) is 4.31 Å². The highest BCUT2D eigenvalue weighted by Gasteiger charge is 2.31. The van der Waals surface area contributed by atoms with Gasteiger partial charge in [-0.05, 0) is 44.3 Å². The number of benzene rings is 1. The Morgan fingerprint density at radius 3 is 2.00 bits per heavy atom. The molecule has 0 amide bonds. The first-order valence-electron chi connectivity index (χ1n) is 10.8. The van der Waals surface area contributed by atoms with Gasteiger partial charge in [0.1, 0.15) is 10.6 Å². The molecule has 2 saturated heterocycles. The molecule has 0 aliphatic carbocycles. The first kappa shape index (κ1) is 23.2. The van der Waals surface area contributed by atoms with E-state index in [2.05, 4.69) is 47.9 Å². The average Bonchev–Trinajstić information content (AvgIpc) is 2.81. The average molecular weight is 525 g/mol. The molecule has 0 bridgehead atoms. The van der Waals surface area contributed by atoms with Crippen molar-refractivity contribution in [1.29, 1.82) is 0 Å². The van der Waals surface area contributed by atoms with Crippen LogP contribution in [0.15, 0.2) is 39.7 Å². The number of ether oxygens (including phenoxy) is 1. The topological polar surface area (TPSA) is 82.1 Å². The van der Waals surface area contributed by atoms with Crippen molar-refractivity contribution >= 4 is 37.6 Å². The van der Waals surface area contributed by atoms with Crippen molar-refractivity contribution in [2.45, 2.75) is 11.8 Å². The van der Waals surface area contributed by atoms with Gasteiger partial charge >= 0.3 is 0 Å². The molecule has 1 aromatic heterocycles. The SMILES string of the molecule is CCOc1ccc(Br)cc1S(=O)(=O)N1CCN(c2ccc(N3CCN(C)CC3)nn2)CC1. The van der Waals surface area contributed by atoms with Crippen molar-refractivity contribution < 1.29 is 13.2 Å². The number of halogens is 1. The summed E-state index contributed by atoms with van der Waals surface area (Å²) >= 11 is 3.37. The maximum atomic E-state index is 13.3. The van der Waals surface area contributed by atoms with Crippen molar-refractivity contribution in [3.63, 3.8) is 0 Å². The molecule has 11 heteroatoms. The van der Waals surface area contributed by atoms with E-state index >= 15 is 0 Å². The van der Waals surface area contributed by atoms with Gasteiger partial charge in [-0.1, -0.05) is 15.9 Å². The molecule has 0 N–H and O–H groups in total. The Morgan fingerprint density at radius 2 is 1.47 bits per heavy atom. The molecule has 174 valence electrons. The van der Waals surface area contributed by atoms with Gasteiger partial charge in [0.05, 0.1) is 6.61 Å². The summed E-state index contributed by atoms with van der Waals surface area (Å²) < 4.78 is 34.4. The van der Waals surface area contributed by atoms with Crippen molar-refractivity contribution in [1.82, 2.24) is 19.4 Å². The van der Waals surface area contributed by atoms with Crippen molar-refractivity contribution in [3.05, 3.63) is 34.8 Å². The molecule has 0 unspecified atom stereocenters. The summed E-state index contributed by atoms with van der Waals surface area (Å²) in [5, 5.41) is 8.84. The largest absolute Gasteiger partial charge is 0.492 e. The molecule has 9 nitrogen and oxygen atoms in total. The lowest BCUT2D eigenvalue weighted by molar-refractivity contribution is 0.312. The van der Waals surface area contributed by atoms with E-state index in [1.807, 2.05) is 19.1 Å². The molecular weight excluding hydrogens is 496 g/mol. The Kier molecular flexibility index (Phi) is 7.18. The van der Waals surface area contributed by atoms with E-state index in [1.54, 1.807) is 18.2 Å². The number of rotatable bonds is 6. The second-order valence-corrected chi connectivity index (χ2v) is 10.8. The molecule has 2 aromatic rings. The molecule has 4 rings (SSSR count). The Morgan fingerprint density at radius 1 is 0.906 bits per heavy atom. The van der Waals surface area contributed by atoms with Gasteiger partial charge in [0.15, 0.2) is 11.6 Å².